The molecule has 0 amide bonds. The van der Waals surface area contributed by atoms with Crippen molar-refractivity contribution in [3.05, 3.63) is 23.8 Å². The quantitative estimate of drug-likeness (QED) is 0.518. The standard InChI is InChI=1S/C21H36O4Si/c1-14(2)17-16(25-26(9,10)19(4,5)6)11-15(3)18(22)21(17)12-23-20(7,8)24-13-21/h11,16-17H,1,12-13H2,2-10H3/t16-,17-/m0/s1. The van der Waals surface area contributed by atoms with Gasteiger partial charge in [0.15, 0.2) is 19.9 Å². The lowest BCUT2D eigenvalue weighted by Crippen LogP contribution is -2.60. The molecule has 1 aliphatic heterocycles. The number of ether oxygens (including phenoxy) is 2. The van der Waals surface area contributed by atoms with Gasteiger partial charge in [-0.2, -0.15) is 0 Å². The Bertz CT molecular complexity index is 614. The lowest BCUT2D eigenvalue weighted by molar-refractivity contribution is -0.288. The summed E-state index contributed by atoms with van der Waals surface area (Å²) in [6.07, 6.45) is 1.81. The Kier molecular flexibility index (Phi) is 5.55. The predicted molar refractivity (Wildman–Crippen MR) is 108 cm³/mol. The number of allylic oxidation sites excluding steroid dienone is 1. The fraction of sp³-hybridized carbons (Fsp3) is 0.762. The van der Waals surface area contributed by atoms with E-state index >= 15 is 0 Å². The van der Waals surface area contributed by atoms with E-state index in [2.05, 4.69) is 40.4 Å². The van der Waals surface area contributed by atoms with Gasteiger partial charge in [0.25, 0.3) is 0 Å². The van der Waals surface area contributed by atoms with E-state index in [1.165, 1.54) is 0 Å². The van der Waals surface area contributed by atoms with Gasteiger partial charge in [-0.1, -0.05) is 32.9 Å². The van der Waals surface area contributed by atoms with E-state index in [0.29, 0.717) is 13.2 Å². The second kappa shape index (κ2) is 6.69. The van der Waals surface area contributed by atoms with Crippen molar-refractivity contribution in [1.29, 1.82) is 0 Å². The van der Waals surface area contributed by atoms with Crippen LogP contribution in [-0.4, -0.2) is 39.2 Å². The SMILES string of the molecule is C=C(C)[C@H]1[C@@H](O[Si](C)(C)C(C)(C)C)C=C(C)C(=O)C12COC(C)(C)OC2. The lowest BCUT2D eigenvalue weighted by atomic mass is 9.63. The van der Waals surface area contributed by atoms with Crippen molar-refractivity contribution < 1.29 is 18.7 Å². The molecule has 0 aromatic carbocycles. The van der Waals surface area contributed by atoms with Crippen molar-refractivity contribution in [3.8, 4) is 0 Å². The van der Waals surface area contributed by atoms with Crippen LogP contribution in [0.3, 0.4) is 0 Å². The Balaban J connectivity index is 2.47. The summed E-state index contributed by atoms with van der Waals surface area (Å²) in [5.74, 6) is -0.726. The van der Waals surface area contributed by atoms with Crippen LogP contribution in [0.15, 0.2) is 23.8 Å². The normalized spacial score (nSPS) is 28.8. The molecule has 1 fully saturated rings. The summed E-state index contributed by atoms with van der Waals surface area (Å²) in [6, 6.07) is 0. The average Bonchev–Trinajstić information content (AvgIpc) is 2.45. The number of rotatable bonds is 3. The summed E-state index contributed by atoms with van der Waals surface area (Å²) in [5.41, 5.74) is 0.920. The number of ketones is 1. The predicted octanol–water partition coefficient (Wildman–Crippen LogP) is 4.87. The first-order valence-corrected chi connectivity index (χ1v) is 12.4. The van der Waals surface area contributed by atoms with E-state index in [1.807, 2.05) is 33.8 Å². The largest absolute Gasteiger partial charge is 0.410 e. The zero-order chi connectivity index (χ0) is 20.1. The maximum absolute atomic E-state index is 13.2. The smallest absolute Gasteiger partial charge is 0.192 e. The molecule has 26 heavy (non-hydrogen) atoms. The molecule has 1 spiro atoms. The van der Waals surface area contributed by atoms with Crippen LogP contribution < -0.4 is 0 Å². The number of carbonyl (C=O) groups excluding carboxylic acids is 1. The van der Waals surface area contributed by atoms with Gasteiger partial charge < -0.3 is 13.9 Å². The van der Waals surface area contributed by atoms with Gasteiger partial charge in [-0.3, -0.25) is 4.79 Å². The zero-order valence-electron chi connectivity index (χ0n) is 18.0. The second-order valence-corrected chi connectivity index (χ2v) is 14.7. The van der Waals surface area contributed by atoms with Gasteiger partial charge >= 0.3 is 0 Å². The fourth-order valence-corrected chi connectivity index (χ4v) is 4.88. The van der Waals surface area contributed by atoms with Gasteiger partial charge in [0, 0.05) is 5.92 Å². The molecule has 0 aromatic rings. The fourth-order valence-electron chi connectivity index (χ4n) is 3.64. The highest BCUT2D eigenvalue weighted by atomic mass is 28.4. The number of carbonyl (C=O) groups is 1. The molecule has 4 nitrogen and oxygen atoms in total. The molecular formula is C21H36O4Si. The van der Waals surface area contributed by atoms with Crippen molar-refractivity contribution in [2.24, 2.45) is 11.3 Å². The van der Waals surface area contributed by atoms with Crippen molar-refractivity contribution in [1.82, 2.24) is 0 Å². The Hall–Kier alpha value is -0.753. The van der Waals surface area contributed by atoms with Crippen molar-refractivity contribution in [2.45, 2.75) is 78.5 Å². The number of hydrogen-bond acceptors (Lipinski definition) is 4. The van der Waals surface area contributed by atoms with Crippen molar-refractivity contribution >= 4 is 14.1 Å². The molecule has 0 bridgehead atoms. The minimum atomic E-state index is -2.02. The Labute approximate surface area is 160 Å². The van der Waals surface area contributed by atoms with Crippen molar-refractivity contribution in [2.75, 3.05) is 13.2 Å². The van der Waals surface area contributed by atoms with Gasteiger partial charge in [0.05, 0.1) is 24.7 Å². The molecule has 0 aromatic heterocycles. The number of Topliss-reactive ketones (excluding diaryl/α,β-unsaturated/α-hetero) is 1. The van der Waals surface area contributed by atoms with Gasteiger partial charge in [-0.15, -0.1) is 0 Å². The van der Waals surface area contributed by atoms with Crippen LogP contribution in [0.2, 0.25) is 18.1 Å². The Morgan fingerprint density at radius 3 is 2.19 bits per heavy atom. The summed E-state index contributed by atoms with van der Waals surface area (Å²) in [6.45, 7) is 23.7. The van der Waals surface area contributed by atoms with Crippen LogP contribution in [0.25, 0.3) is 0 Å². The van der Waals surface area contributed by atoms with Gasteiger partial charge in [-0.25, -0.2) is 0 Å². The molecule has 2 atom stereocenters. The highest BCUT2D eigenvalue weighted by Crippen LogP contribution is 2.49. The third kappa shape index (κ3) is 3.77. The zero-order valence-corrected chi connectivity index (χ0v) is 19.0. The number of hydrogen-bond donors (Lipinski definition) is 0. The first kappa shape index (κ1) is 21.5. The molecule has 5 heteroatoms. The second-order valence-electron chi connectivity index (χ2n) is 9.98. The van der Waals surface area contributed by atoms with E-state index in [0.717, 1.165) is 11.1 Å². The van der Waals surface area contributed by atoms with Gasteiger partial charge in [0.2, 0.25) is 0 Å². The first-order valence-electron chi connectivity index (χ1n) is 9.47. The molecule has 0 radical (unpaired) electrons. The molecule has 1 aliphatic carbocycles. The maximum Gasteiger partial charge on any atom is 0.192 e. The minimum Gasteiger partial charge on any atom is -0.410 e. The Morgan fingerprint density at radius 2 is 1.77 bits per heavy atom. The third-order valence-electron chi connectivity index (χ3n) is 6.27. The highest BCUT2D eigenvalue weighted by Gasteiger charge is 2.57. The van der Waals surface area contributed by atoms with Crippen LogP contribution in [0.1, 0.15) is 48.5 Å². The van der Waals surface area contributed by atoms with Crippen LogP contribution in [0.5, 0.6) is 0 Å². The summed E-state index contributed by atoms with van der Waals surface area (Å²) in [4.78, 5) is 13.2. The van der Waals surface area contributed by atoms with E-state index < -0.39 is 19.5 Å². The molecule has 1 heterocycles. The molecule has 148 valence electrons. The summed E-state index contributed by atoms with van der Waals surface area (Å²) in [5, 5.41) is 0.0878. The Morgan fingerprint density at radius 1 is 1.27 bits per heavy atom. The van der Waals surface area contributed by atoms with Crippen LogP contribution in [0, 0.1) is 11.3 Å². The molecule has 2 rings (SSSR count). The van der Waals surface area contributed by atoms with Crippen molar-refractivity contribution in [3.63, 3.8) is 0 Å². The molecule has 0 N–H and O–H groups in total. The molecule has 1 saturated heterocycles. The molecule has 2 aliphatic rings. The lowest BCUT2D eigenvalue weighted by Gasteiger charge is -2.52. The summed E-state index contributed by atoms with van der Waals surface area (Å²) < 4.78 is 18.6. The third-order valence-corrected chi connectivity index (χ3v) is 10.7. The summed E-state index contributed by atoms with van der Waals surface area (Å²) in [7, 11) is -2.02. The molecular weight excluding hydrogens is 344 g/mol. The van der Waals surface area contributed by atoms with Crippen LogP contribution in [0.4, 0.5) is 0 Å². The monoisotopic (exact) mass is 380 g/mol. The topological polar surface area (TPSA) is 44.8 Å². The first-order chi connectivity index (χ1) is 11.6. The van der Waals surface area contributed by atoms with Gasteiger partial charge in [0.1, 0.15) is 0 Å². The maximum atomic E-state index is 13.2. The van der Waals surface area contributed by atoms with Gasteiger partial charge in [-0.05, 0) is 57.5 Å². The van der Waals surface area contributed by atoms with Crippen LogP contribution >= 0.6 is 0 Å². The van der Waals surface area contributed by atoms with Crippen LogP contribution in [-0.2, 0) is 18.7 Å². The van der Waals surface area contributed by atoms with E-state index in [9.17, 15) is 4.79 Å². The summed E-state index contributed by atoms with van der Waals surface area (Å²) >= 11 is 0. The van der Waals surface area contributed by atoms with E-state index in [-0.39, 0.29) is 22.8 Å². The highest BCUT2D eigenvalue weighted by molar-refractivity contribution is 6.74. The average molecular weight is 381 g/mol. The molecule has 0 unspecified atom stereocenters. The van der Waals surface area contributed by atoms with E-state index in [1.54, 1.807) is 0 Å². The molecule has 0 saturated carbocycles. The minimum absolute atomic E-state index is 0.0878. The van der Waals surface area contributed by atoms with E-state index in [4.69, 9.17) is 13.9 Å².